The minimum atomic E-state index is -0.574. The van der Waals surface area contributed by atoms with Gasteiger partial charge in [-0.05, 0) is 50.6 Å². The summed E-state index contributed by atoms with van der Waals surface area (Å²) >= 11 is 5.85. The van der Waals surface area contributed by atoms with E-state index in [4.69, 9.17) is 11.6 Å². The third kappa shape index (κ3) is 2.22. The minimum Gasteiger partial charge on any atom is -0.274 e. The first kappa shape index (κ1) is 14.8. The van der Waals surface area contributed by atoms with Crippen LogP contribution in [0, 0.1) is 20.8 Å². The highest BCUT2D eigenvalue weighted by molar-refractivity contribution is 6.30. The van der Waals surface area contributed by atoms with Crippen LogP contribution in [0.15, 0.2) is 24.3 Å². The first-order valence-electron chi connectivity index (χ1n) is 7.05. The number of benzene rings is 1. The summed E-state index contributed by atoms with van der Waals surface area (Å²) in [4.78, 5) is 26.2. The van der Waals surface area contributed by atoms with Crippen LogP contribution in [0.2, 0.25) is 5.02 Å². The van der Waals surface area contributed by atoms with Crippen molar-refractivity contribution in [3.63, 3.8) is 0 Å². The molecule has 1 aromatic carbocycles. The van der Waals surface area contributed by atoms with E-state index in [-0.39, 0.29) is 18.2 Å². The Morgan fingerprint density at radius 3 is 2.32 bits per heavy atom. The number of carbonyl (C=O) groups is 2. The zero-order valence-corrected chi connectivity index (χ0v) is 13.4. The summed E-state index contributed by atoms with van der Waals surface area (Å²) in [5.41, 5.74) is 3.38. The van der Waals surface area contributed by atoms with Crippen molar-refractivity contribution in [1.82, 2.24) is 9.78 Å². The molecule has 2 amide bonds. The molecule has 1 aromatic heterocycles. The van der Waals surface area contributed by atoms with Crippen molar-refractivity contribution >= 4 is 29.1 Å². The van der Waals surface area contributed by atoms with E-state index >= 15 is 0 Å². The number of amides is 2. The third-order valence-corrected chi connectivity index (χ3v) is 4.44. The van der Waals surface area contributed by atoms with Gasteiger partial charge in [0.25, 0.3) is 5.91 Å². The van der Waals surface area contributed by atoms with Gasteiger partial charge in [0.15, 0.2) is 0 Å². The normalized spacial score (nSPS) is 18.4. The standard InChI is InChI=1S/C16H16ClN3O2/c1-9-10(2)18-20(11(9)3)14-8-15(21)19(16(14)22)13-6-4-12(17)5-7-13/h4-7,14H,8H2,1-3H3/t14-/m1/s1. The maximum absolute atomic E-state index is 12.7. The van der Waals surface area contributed by atoms with Gasteiger partial charge in [0.1, 0.15) is 6.04 Å². The van der Waals surface area contributed by atoms with Crippen LogP contribution in [0.4, 0.5) is 5.69 Å². The van der Waals surface area contributed by atoms with Crippen LogP contribution in [0.5, 0.6) is 0 Å². The van der Waals surface area contributed by atoms with E-state index in [9.17, 15) is 9.59 Å². The summed E-state index contributed by atoms with van der Waals surface area (Å²) in [5.74, 6) is -0.472. The van der Waals surface area contributed by atoms with Crippen LogP contribution in [0.3, 0.4) is 0 Å². The second kappa shape index (κ2) is 5.25. The summed E-state index contributed by atoms with van der Waals surface area (Å²) in [5, 5.41) is 4.98. The van der Waals surface area contributed by atoms with Gasteiger partial charge < -0.3 is 0 Å². The second-order valence-corrected chi connectivity index (χ2v) is 5.94. The quantitative estimate of drug-likeness (QED) is 0.800. The molecule has 0 aliphatic carbocycles. The van der Waals surface area contributed by atoms with E-state index in [0.717, 1.165) is 17.0 Å². The Morgan fingerprint density at radius 2 is 1.77 bits per heavy atom. The monoisotopic (exact) mass is 317 g/mol. The summed E-state index contributed by atoms with van der Waals surface area (Å²) in [6, 6.07) is 6.10. The Bertz CT molecular complexity index is 764. The minimum absolute atomic E-state index is 0.128. The number of hydrogen-bond acceptors (Lipinski definition) is 3. The van der Waals surface area contributed by atoms with Gasteiger partial charge in [0.05, 0.1) is 17.8 Å². The molecule has 1 fully saturated rings. The van der Waals surface area contributed by atoms with Crippen molar-refractivity contribution in [3.05, 3.63) is 46.2 Å². The lowest BCUT2D eigenvalue weighted by atomic mass is 10.2. The molecular weight excluding hydrogens is 302 g/mol. The number of anilines is 1. The molecule has 22 heavy (non-hydrogen) atoms. The highest BCUT2D eigenvalue weighted by Gasteiger charge is 2.41. The molecule has 1 saturated heterocycles. The molecular formula is C16H16ClN3O2. The fourth-order valence-electron chi connectivity index (χ4n) is 2.72. The lowest BCUT2D eigenvalue weighted by Gasteiger charge is -2.16. The molecule has 1 atom stereocenters. The Labute approximate surface area is 133 Å². The number of aryl methyl sites for hydroxylation is 1. The van der Waals surface area contributed by atoms with Crippen molar-refractivity contribution in [2.45, 2.75) is 33.2 Å². The topological polar surface area (TPSA) is 55.2 Å². The first-order chi connectivity index (χ1) is 10.4. The molecule has 5 nitrogen and oxygen atoms in total. The molecule has 2 heterocycles. The van der Waals surface area contributed by atoms with E-state index in [1.54, 1.807) is 28.9 Å². The van der Waals surface area contributed by atoms with Gasteiger partial charge in [-0.15, -0.1) is 0 Å². The molecule has 1 aliphatic heterocycles. The summed E-state index contributed by atoms with van der Waals surface area (Å²) < 4.78 is 1.67. The molecule has 6 heteroatoms. The smallest absolute Gasteiger partial charge is 0.259 e. The van der Waals surface area contributed by atoms with Gasteiger partial charge in [-0.2, -0.15) is 5.10 Å². The van der Waals surface area contributed by atoms with Crippen molar-refractivity contribution in [2.24, 2.45) is 0 Å². The number of carbonyl (C=O) groups excluding carboxylic acids is 2. The molecule has 0 spiro atoms. The van der Waals surface area contributed by atoms with Crippen LogP contribution < -0.4 is 4.90 Å². The molecule has 0 radical (unpaired) electrons. The number of nitrogens with zero attached hydrogens (tertiary/aromatic N) is 3. The maximum Gasteiger partial charge on any atom is 0.259 e. The molecule has 0 saturated carbocycles. The molecule has 114 valence electrons. The predicted octanol–water partition coefficient (Wildman–Crippen LogP) is 2.97. The number of halogens is 1. The summed E-state index contributed by atoms with van der Waals surface area (Å²) in [6.45, 7) is 5.78. The fraction of sp³-hybridized carbons (Fsp3) is 0.312. The molecule has 0 unspecified atom stereocenters. The van der Waals surface area contributed by atoms with Gasteiger partial charge >= 0.3 is 0 Å². The van der Waals surface area contributed by atoms with E-state index < -0.39 is 6.04 Å². The van der Waals surface area contributed by atoms with Crippen molar-refractivity contribution in [3.8, 4) is 0 Å². The van der Waals surface area contributed by atoms with Gasteiger partial charge in [0.2, 0.25) is 5.91 Å². The number of hydrogen-bond donors (Lipinski definition) is 0. The van der Waals surface area contributed by atoms with Crippen LogP contribution in [0.25, 0.3) is 0 Å². The van der Waals surface area contributed by atoms with E-state index in [0.29, 0.717) is 10.7 Å². The van der Waals surface area contributed by atoms with Crippen LogP contribution in [-0.4, -0.2) is 21.6 Å². The Kier molecular flexibility index (Phi) is 3.53. The van der Waals surface area contributed by atoms with Gasteiger partial charge in [-0.3, -0.25) is 14.3 Å². The highest BCUT2D eigenvalue weighted by atomic mass is 35.5. The van der Waals surface area contributed by atoms with Crippen LogP contribution in [0.1, 0.15) is 29.4 Å². The lowest BCUT2D eigenvalue weighted by Crippen LogP contribution is -2.31. The average Bonchev–Trinajstić information content (AvgIpc) is 2.91. The highest BCUT2D eigenvalue weighted by Crippen LogP contribution is 2.31. The molecule has 1 aliphatic rings. The number of rotatable bonds is 2. The number of aromatic nitrogens is 2. The zero-order chi connectivity index (χ0) is 16.0. The lowest BCUT2D eigenvalue weighted by molar-refractivity contribution is -0.122. The Morgan fingerprint density at radius 1 is 1.14 bits per heavy atom. The second-order valence-electron chi connectivity index (χ2n) is 5.50. The van der Waals surface area contributed by atoms with Crippen molar-refractivity contribution in [2.75, 3.05) is 4.90 Å². The largest absolute Gasteiger partial charge is 0.274 e. The zero-order valence-electron chi connectivity index (χ0n) is 12.6. The Hall–Kier alpha value is -2.14. The molecule has 3 rings (SSSR count). The first-order valence-corrected chi connectivity index (χ1v) is 7.42. The molecule has 2 aromatic rings. The van der Waals surface area contributed by atoms with Crippen molar-refractivity contribution in [1.29, 1.82) is 0 Å². The van der Waals surface area contributed by atoms with Gasteiger partial charge in [0, 0.05) is 10.7 Å². The van der Waals surface area contributed by atoms with E-state index in [1.807, 2.05) is 20.8 Å². The fourth-order valence-corrected chi connectivity index (χ4v) is 2.84. The van der Waals surface area contributed by atoms with E-state index in [1.165, 1.54) is 4.90 Å². The number of imide groups is 1. The average molecular weight is 318 g/mol. The Balaban J connectivity index is 1.97. The summed E-state index contributed by atoms with van der Waals surface area (Å²) in [6.07, 6.45) is 0.128. The van der Waals surface area contributed by atoms with E-state index in [2.05, 4.69) is 5.10 Å². The maximum atomic E-state index is 12.7. The van der Waals surface area contributed by atoms with Crippen molar-refractivity contribution < 1.29 is 9.59 Å². The summed E-state index contributed by atoms with van der Waals surface area (Å²) in [7, 11) is 0. The third-order valence-electron chi connectivity index (χ3n) is 4.19. The van der Waals surface area contributed by atoms with Gasteiger partial charge in [-0.1, -0.05) is 11.6 Å². The molecule has 0 N–H and O–H groups in total. The van der Waals surface area contributed by atoms with Crippen LogP contribution >= 0.6 is 11.6 Å². The van der Waals surface area contributed by atoms with Crippen LogP contribution in [-0.2, 0) is 9.59 Å². The molecule has 0 bridgehead atoms. The van der Waals surface area contributed by atoms with Gasteiger partial charge in [-0.25, -0.2) is 4.90 Å². The predicted molar refractivity (Wildman–Crippen MR) is 84.0 cm³/mol. The SMILES string of the molecule is Cc1nn([C@@H]2CC(=O)N(c3ccc(Cl)cc3)C2=O)c(C)c1C.